The zero-order chi connectivity index (χ0) is 16.4. The summed E-state index contributed by atoms with van der Waals surface area (Å²) in [5.41, 5.74) is 1.46. The molecule has 3 amide bonds. The monoisotopic (exact) mass is 310 g/mol. The van der Waals surface area contributed by atoms with E-state index >= 15 is 0 Å². The van der Waals surface area contributed by atoms with Crippen LogP contribution in [0.3, 0.4) is 0 Å². The second kappa shape index (κ2) is 5.84. The lowest BCUT2D eigenvalue weighted by Gasteiger charge is -2.11. The Morgan fingerprint density at radius 1 is 1.00 bits per heavy atom. The van der Waals surface area contributed by atoms with Crippen LogP contribution in [0.15, 0.2) is 54.2 Å². The van der Waals surface area contributed by atoms with Crippen molar-refractivity contribution < 1.29 is 19.8 Å². The van der Waals surface area contributed by atoms with Crippen LogP contribution in [0.2, 0.25) is 0 Å². The van der Waals surface area contributed by atoms with Crippen molar-refractivity contribution in [1.29, 1.82) is 0 Å². The van der Waals surface area contributed by atoms with Crippen molar-refractivity contribution in [3.8, 4) is 11.5 Å². The highest BCUT2D eigenvalue weighted by Crippen LogP contribution is 2.26. The molecular weight excluding hydrogens is 296 g/mol. The number of imide groups is 1. The van der Waals surface area contributed by atoms with Crippen molar-refractivity contribution >= 4 is 18.0 Å². The standard InChI is InChI=1S/C17H14N2O4/c20-14-7-6-12(9-15(14)21)8-13-16(22)19(17(23)18-13)10-11-4-2-1-3-5-11/h1-9,20-21H,10H2,(H,18,23)/b13-8+. The molecule has 1 heterocycles. The number of amides is 3. The van der Waals surface area contributed by atoms with E-state index in [4.69, 9.17) is 0 Å². The predicted octanol–water partition coefficient (Wildman–Crippen LogP) is 2.19. The first-order valence-electron chi connectivity index (χ1n) is 6.95. The number of benzene rings is 2. The molecule has 1 aliphatic rings. The summed E-state index contributed by atoms with van der Waals surface area (Å²) in [6, 6.07) is 12.9. The highest BCUT2D eigenvalue weighted by atomic mass is 16.3. The van der Waals surface area contributed by atoms with Gasteiger partial charge < -0.3 is 15.5 Å². The van der Waals surface area contributed by atoms with Gasteiger partial charge in [-0.15, -0.1) is 0 Å². The van der Waals surface area contributed by atoms with Crippen molar-refractivity contribution in [2.45, 2.75) is 6.54 Å². The fraction of sp³-hybridized carbons (Fsp3) is 0.0588. The molecule has 0 aliphatic carbocycles. The second-order valence-electron chi connectivity index (χ2n) is 5.11. The van der Waals surface area contributed by atoms with Crippen LogP contribution < -0.4 is 5.32 Å². The Bertz CT molecular complexity index is 799. The van der Waals surface area contributed by atoms with E-state index in [0.29, 0.717) is 5.56 Å². The number of nitrogens with one attached hydrogen (secondary N) is 1. The quantitative estimate of drug-likeness (QED) is 0.460. The zero-order valence-electron chi connectivity index (χ0n) is 12.1. The number of phenols is 2. The second-order valence-corrected chi connectivity index (χ2v) is 5.11. The van der Waals surface area contributed by atoms with Gasteiger partial charge in [0.15, 0.2) is 11.5 Å². The highest BCUT2D eigenvalue weighted by Gasteiger charge is 2.33. The fourth-order valence-corrected chi connectivity index (χ4v) is 2.28. The van der Waals surface area contributed by atoms with Gasteiger partial charge in [-0.2, -0.15) is 0 Å². The summed E-state index contributed by atoms with van der Waals surface area (Å²) in [6.45, 7) is 0.184. The Hall–Kier alpha value is -3.28. The van der Waals surface area contributed by atoms with E-state index in [1.54, 1.807) is 0 Å². The molecule has 0 spiro atoms. The van der Waals surface area contributed by atoms with Crippen LogP contribution in [-0.2, 0) is 11.3 Å². The first-order valence-corrected chi connectivity index (χ1v) is 6.95. The third-order valence-electron chi connectivity index (χ3n) is 3.46. The van der Waals surface area contributed by atoms with Crippen molar-refractivity contribution in [3.63, 3.8) is 0 Å². The van der Waals surface area contributed by atoms with Crippen molar-refractivity contribution in [3.05, 3.63) is 65.4 Å². The minimum absolute atomic E-state index is 0.121. The number of hydrogen-bond acceptors (Lipinski definition) is 4. The Labute approximate surface area is 132 Å². The Kier molecular flexibility index (Phi) is 3.72. The fourth-order valence-electron chi connectivity index (χ4n) is 2.28. The first-order chi connectivity index (χ1) is 11.0. The van der Waals surface area contributed by atoms with E-state index in [-0.39, 0.29) is 23.7 Å². The van der Waals surface area contributed by atoms with Crippen molar-refractivity contribution in [2.24, 2.45) is 0 Å². The third kappa shape index (κ3) is 3.01. The molecule has 0 saturated carbocycles. The van der Waals surface area contributed by atoms with E-state index in [1.165, 1.54) is 24.3 Å². The van der Waals surface area contributed by atoms with Crippen LogP contribution in [-0.4, -0.2) is 27.1 Å². The smallest absolute Gasteiger partial charge is 0.329 e. The van der Waals surface area contributed by atoms with Crippen molar-refractivity contribution in [1.82, 2.24) is 10.2 Å². The average Bonchev–Trinajstić information content (AvgIpc) is 2.80. The first kappa shape index (κ1) is 14.6. The van der Waals surface area contributed by atoms with Crippen LogP contribution in [0.5, 0.6) is 11.5 Å². The molecule has 0 aromatic heterocycles. The normalized spacial score (nSPS) is 16.0. The van der Waals surface area contributed by atoms with Gasteiger partial charge in [-0.3, -0.25) is 9.69 Å². The molecule has 2 aromatic rings. The minimum atomic E-state index is -0.492. The Balaban J connectivity index is 1.83. The number of carbonyl (C=O) groups excluding carboxylic acids is 2. The largest absolute Gasteiger partial charge is 0.504 e. The molecule has 0 radical (unpaired) electrons. The van der Waals surface area contributed by atoms with Gasteiger partial charge >= 0.3 is 6.03 Å². The molecular formula is C17H14N2O4. The molecule has 3 rings (SSSR count). The molecule has 1 fully saturated rings. The van der Waals surface area contributed by atoms with E-state index < -0.39 is 11.9 Å². The maximum atomic E-state index is 12.3. The van der Waals surface area contributed by atoms with Crippen LogP contribution in [0, 0.1) is 0 Å². The molecule has 6 heteroatoms. The molecule has 23 heavy (non-hydrogen) atoms. The Morgan fingerprint density at radius 3 is 2.43 bits per heavy atom. The number of carbonyl (C=O) groups is 2. The summed E-state index contributed by atoms with van der Waals surface area (Å²) in [5.74, 6) is -0.983. The number of hydrogen-bond donors (Lipinski definition) is 3. The molecule has 6 nitrogen and oxygen atoms in total. The van der Waals surface area contributed by atoms with Crippen LogP contribution >= 0.6 is 0 Å². The summed E-state index contributed by atoms with van der Waals surface area (Å²) in [6.07, 6.45) is 1.45. The van der Waals surface area contributed by atoms with Gasteiger partial charge in [0, 0.05) is 0 Å². The molecule has 2 aromatic carbocycles. The van der Waals surface area contributed by atoms with Gasteiger partial charge in [0.05, 0.1) is 6.54 Å². The molecule has 0 atom stereocenters. The SMILES string of the molecule is O=C1N/C(=C/c2ccc(O)c(O)c2)C(=O)N1Cc1ccccc1. The molecule has 1 saturated heterocycles. The summed E-state index contributed by atoms with van der Waals surface area (Å²) in [5, 5.41) is 21.3. The van der Waals surface area contributed by atoms with E-state index in [2.05, 4.69) is 5.32 Å². The van der Waals surface area contributed by atoms with E-state index in [9.17, 15) is 19.8 Å². The molecule has 3 N–H and O–H groups in total. The average molecular weight is 310 g/mol. The zero-order valence-corrected chi connectivity index (χ0v) is 12.1. The molecule has 1 aliphatic heterocycles. The number of rotatable bonds is 3. The van der Waals surface area contributed by atoms with Gasteiger partial charge in [0.1, 0.15) is 5.70 Å². The topological polar surface area (TPSA) is 89.9 Å². The highest BCUT2D eigenvalue weighted by molar-refractivity contribution is 6.13. The number of aromatic hydroxyl groups is 2. The summed E-state index contributed by atoms with van der Waals surface area (Å²) >= 11 is 0. The van der Waals surface area contributed by atoms with Gasteiger partial charge in [-0.05, 0) is 29.3 Å². The molecule has 0 unspecified atom stereocenters. The van der Waals surface area contributed by atoms with Crippen LogP contribution in [0.25, 0.3) is 6.08 Å². The molecule has 116 valence electrons. The maximum absolute atomic E-state index is 12.3. The lowest BCUT2D eigenvalue weighted by molar-refractivity contribution is -0.123. The van der Waals surface area contributed by atoms with Gasteiger partial charge in [0.25, 0.3) is 5.91 Å². The van der Waals surface area contributed by atoms with E-state index in [0.717, 1.165) is 10.5 Å². The van der Waals surface area contributed by atoms with Gasteiger partial charge in [-0.1, -0.05) is 36.4 Å². The van der Waals surface area contributed by atoms with Crippen molar-refractivity contribution in [2.75, 3.05) is 0 Å². The molecule has 0 bridgehead atoms. The van der Waals surface area contributed by atoms with Crippen LogP contribution in [0.4, 0.5) is 4.79 Å². The number of nitrogens with zero attached hydrogens (tertiary/aromatic N) is 1. The summed E-state index contributed by atoms with van der Waals surface area (Å²) in [4.78, 5) is 25.4. The Morgan fingerprint density at radius 2 is 1.74 bits per heavy atom. The third-order valence-corrected chi connectivity index (χ3v) is 3.46. The number of urea groups is 1. The van der Waals surface area contributed by atoms with Crippen LogP contribution in [0.1, 0.15) is 11.1 Å². The lowest BCUT2D eigenvalue weighted by Crippen LogP contribution is -2.30. The van der Waals surface area contributed by atoms with Gasteiger partial charge in [-0.25, -0.2) is 4.79 Å². The van der Waals surface area contributed by atoms with Gasteiger partial charge in [0.2, 0.25) is 0 Å². The minimum Gasteiger partial charge on any atom is -0.504 e. The van der Waals surface area contributed by atoms with E-state index in [1.807, 2.05) is 30.3 Å². The maximum Gasteiger partial charge on any atom is 0.329 e. The predicted molar refractivity (Wildman–Crippen MR) is 83.3 cm³/mol. The summed E-state index contributed by atoms with van der Waals surface area (Å²) < 4.78 is 0. The lowest BCUT2D eigenvalue weighted by atomic mass is 10.1. The number of phenolic OH excluding ortho intramolecular Hbond substituents is 2. The summed E-state index contributed by atoms with van der Waals surface area (Å²) in [7, 11) is 0.